The van der Waals surface area contributed by atoms with Gasteiger partial charge in [-0.1, -0.05) is 52.8 Å². The minimum absolute atomic E-state index is 0.0722. The van der Waals surface area contributed by atoms with Crippen molar-refractivity contribution < 1.29 is 4.79 Å². The van der Waals surface area contributed by atoms with Crippen molar-refractivity contribution in [2.45, 2.75) is 45.3 Å². The van der Waals surface area contributed by atoms with Gasteiger partial charge in [-0.25, -0.2) is 0 Å². The largest absolute Gasteiger partial charge is 0.325 e. The fourth-order valence-electron chi connectivity index (χ4n) is 1.58. The summed E-state index contributed by atoms with van der Waals surface area (Å²) < 4.78 is 0.120. The van der Waals surface area contributed by atoms with E-state index in [9.17, 15) is 4.79 Å². The molecule has 0 heterocycles. The van der Waals surface area contributed by atoms with Crippen LogP contribution in [-0.2, 0) is 4.79 Å². The smallest absolute Gasteiger partial charge is 0.234 e. The van der Waals surface area contributed by atoms with Gasteiger partial charge in [0.25, 0.3) is 0 Å². The zero-order chi connectivity index (χ0) is 13.8. The Labute approximate surface area is 115 Å². The van der Waals surface area contributed by atoms with Crippen LogP contribution in [0.3, 0.4) is 0 Å². The zero-order valence-electron chi connectivity index (χ0n) is 11.9. The van der Waals surface area contributed by atoms with Crippen LogP contribution in [0.15, 0.2) is 24.3 Å². The SMILES string of the molecule is CC(C)c1ccccc1NC(=O)CSC(C)(C)C. The molecule has 0 fully saturated rings. The van der Waals surface area contributed by atoms with E-state index >= 15 is 0 Å². The van der Waals surface area contributed by atoms with Crippen LogP contribution in [0.5, 0.6) is 0 Å². The average Bonchev–Trinajstić information content (AvgIpc) is 2.26. The second-order valence-corrected chi connectivity index (χ2v) is 7.49. The van der Waals surface area contributed by atoms with Crippen LogP contribution >= 0.6 is 11.8 Å². The standard InChI is InChI=1S/C15H23NOS/c1-11(2)12-8-6-7-9-13(12)16-14(17)10-18-15(3,4)5/h6-9,11H,10H2,1-5H3,(H,16,17). The summed E-state index contributed by atoms with van der Waals surface area (Å²) in [6, 6.07) is 8.00. The number of amides is 1. The number of carbonyl (C=O) groups excluding carboxylic acids is 1. The molecule has 0 bridgehead atoms. The first-order chi connectivity index (χ1) is 8.29. The maximum Gasteiger partial charge on any atom is 0.234 e. The monoisotopic (exact) mass is 265 g/mol. The van der Waals surface area contributed by atoms with Crippen LogP contribution in [0.2, 0.25) is 0 Å². The van der Waals surface area contributed by atoms with Crippen LogP contribution < -0.4 is 5.32 Å². The Balaban J connectivity index is 2.65. The number of carbonyl (C=O) groups is 1. The van der Waals surface area contributed by atoms with Crippen LogP contribution in [0.1, 0.15) is 46.1 Å². The van der Waals surface area contributed by atoms with E-state index in [1.807, 2.05) is 18.2 Å². The lowest BCUT2D eigenvalue weighted by Crippen LogP contribution is -2.19. The summed E-state index contributed by atoms with van der Waals surface area (Å²) in [7, 11) is 0. The molecule has 0 aliphatic heterocycles. The fraction of sp³-hybridized carbons (Fsp3) is 0.533. The lowest BCUT2D eigenvalue weighted by molar-refractivity contribution is -0.113. The van der Waals surface area contributed by atoms with E-state index in [0.717, 1.165) is 5.69 Å². The van der Waals surface area contributed by atoms with Crippen molar-refractivity contribution >= 4 is 23.4 Å². The molecule has 0 aliphatic carbocycles. The highest BCUT2D eigenvalue weighted by molar-refractivity contribution is 8.01. The molecule has 0 unspecified atom stereocenters. The summed E-state index contributed by atoms with van der Waals surface area (Å²) in [5.74, 6) is 0.982. The van der Waals surface area contributed by atoms with E-state index in [1.165, 1.54) is 5.56 Å². The molecule has 1 amide bonds. The highest BCUT2D eigenvalue weighted by Crippen LogP contribution is 2.25. The summed E-state index contributed by atoms with van der Waals surface area (Å²) in [4.78, 5) is 11.9. The van der Waals surface area contributed by atoms with E-state index in [0.29, 0.717) is 11.7 Å². The second-order valence-electron chi connectivity index (χ2n) is 5.69. The molecule has 0 spiro atoms. The second kappa shape index (κ2) is 6.28. The molecule has 3 heteroatoms. The summed E-state index contributed by atoms with van der Waals surface area (Å²) >= 11 is 1.66. The van der Waals surface area contributed by atoms with E-state index in [2.05, 4.69) is 46.0 Å². The van der Waals surface area contributed by atoms with Gasteiger partial charge in [-0.15, -0.1) is 11.8 Å². The molecule has 1 aromatic carbocycles. The van der Waals surface area contributed by atoms with E-state index in [1.54, 1.807) is 11.8 Å². The number of hydrogen-bond acceptors (Lipinski definition) is 2. The number of thioether (sulfide) groups is 1. The van der Waals surface area contributed by atoms with Crippen molar-refractivity contribution in [3.05, 3.63) is 29.8 Å². The number of anilines is 1. The van der Waals surface area contributed by atoms with Crippen molar-refractivity contribution in [3.63, 3.8) is 0 Å². The van der Waals surface area contributed by atoms with Gasteiger partial charge in [-0.05, 0) is 17.5 Å². The van der Waals surface area contributed by atoms with E-state index in [4.69, 9.17) is 0 Å². The van der Waals surface area contributed by atoms with Gasteiger partial charge in [0.1, 0.15) is 0 Å². The number of para-hydroxylation sites is 1. The molecule has 0 atom stereocenters. The van der Waals surface area contributed by atoms with Gasteiger partial charge < -0.3 is 5.32 Å². The third-order valence-electron chi connectivity index (χ3n) is 2.49. The van der Waals surface area contributed by atoms with Crippen LogP contribution in [0.4, 0.5) is 5.69 Å². The third kappa shape index (κ3) is 5.13. The molecule has 18 heavy (non-hydrogen) atoms. The first kappa shape index (κ1) is 15.1. The average molecular weight is 265 g/mol. The van der Waals surface area contributed by atoms with Gasteiger partial charge in [0.05, 0.1) is 5.75 Å². The predicted molar refractivity (Wildman–Crippen MR) is 81.4 cm³/mol. The fourth-order valence-corrected chi connectivity index (χ4v) is 2.22. The molecule has 1 aromatic rings. The molecule has 2 nitrogen and oxygen atoms in total. The van der Waals surface area contributed by atoms with E-state index in [-0.39, 0.29) is 10.7 Å². The first-order valence-corrected chi connectivity index (χ1v) is 7.31. The topological polar surface area (TPSA) is 29.1 Å². The molecule has 1 rings (SSSR count). The predicted octanol–water partition coefficient (Wildman–Crippen LogP) is 4.28. The minimum atomic E-state index is 0.0722. The number of rotatable bonds is 4. The molecular weight excluding hydrogens is 242 g/mol. The highest BCUT2D eigenvalue weighted by Gasteiger charge is 2.14. The summed E-state index contributed by atoms with van der Waals surface area (Å²) in [6.07, 6.45) is 0. The molecular formula is C15H23NOS. The van der Waals surface area contributed by atoms with Gasteiger partial charge in [0.2, 0.25) is 5.91 Å². The van der Waals surface area contributed by atoms with Gasteiger partial charge in [-0.3, -0.25) is 4.79 Å². The lowest BCUT2D eigenvalue weighted by Gasteiger charge is -2.18. The Bertz CT molecular complexity index is 407. The summed E-state index contributed by atoms with van der Waals surface area (Å²) in [6.45, 7) is 10.6. The first-order valence-electron chi connectivity index (χ1n) is 6.32. The quantitative estimate of drug-likeness (QED) is 0.880. The third-order valence-corrected chi connectivity index (χ3v) is 3.77. The van der Waals surface area contributed by atoms with Crippen molar-refractivity contribution in [3.8, 4) is 0 Å². The Hall–Kier alpha value is -0.960. The van der Waals surface area contributed by atoms with Crippen molar-refractivity contribution in [1.29, 1.82) is 0 Å². The van der Waals surface area contributed by atoms with Crippen LogP contribution in [-0.4, -0.2) is 16.4 Å². The molecule has 0 saturated carbocycles. The van der Waals surface area contributed by atoms with Crippen molar-refractivity contribution in [2.75, 3.05) is 11.1 Å². The molecule has 0 aliphatic rings. The normalized spacial score (nSPS) is 11.7. The van der Waals surface area contributed by atoms with Gasteiger partial charge in [-0.2, -0.15) is 0 Å². The zero-order valence-corrected chi connectivity index (χ0v) is 12.7. The van der Waals surface area contributed by atoms with Gasteiger partial charge in [0, 0.05) is 10.4 Å². The number of nitrogens with one attached hydrogen (secondary N) is 1. The van der Waals surface area contributed by atoms with Gasteiger partial charge >= 0.3 is 0 Å². The van der Waals surface area contributed by atoms with Crippen LogP contribution in [0.25, 0.3) is 0 Å². The molecule has 100 valence electrons. The lowest BCUT2D eigenvalue weighted by atomic mass is 10.0. The van der Waals surface area contributed by atoms with Crippen molar-refractivity contribution in [1.82, 2.24) is 0 Å². The Morgan fingerprint density at radius 2 is 1.89 bits per heavy atom. The number of benzene rings is 1. The molecule has 1 N–H and O–H groups in total. The molecule has 0 aromatic heterocycles. The maximum absolute atomic E-state index is 11.9. The van der Waals surface area contributed by atoms with Crippen molar-refractivity contribution in [2.24, 2.45) is 0 Å². The summed E-state index contributed by atoms with van der Waals surface area (Å²) in [5, 5.41) is 3.00. The Morgan fingerprint density at radius 3 is 2.44 bits per heavy atom. The van der Waals surface area contributed by atoms with E-state index < -0.39 is 0 Å². The molecule has 0 radical (unpaired) electrons. The number of hydrogen-bond donors (Lipinski definition) is 1. The highest BCUT2D eigenvalue weighted by atomic mass is 32.2. The Morgan fingerprint density at radius 1 is 1.28 bits per heavy atom. The summed E-state index contributed by atoms with van der Waals surface area (Å²) in [5.41, 5.74) is 2.12. The Kier molecular flexibility index (Phi) is 5.27. The molecule has 0 saturated heterocycles. The maximum atomic E-state index is 11.9. The minimum Gasteiger partial charge on any atom is -0.325 e. The van der Waals surface area contributed by atoms with Gasteiger partial charge in [0.15, 0.2) is 0 Å². The van der Waals surface area contributed by atoms with Crippen LogP contribution in [0, 0.1) is 0 Å².